The second-order valence-electron chi connectivity index (χ2n) is 19.4. The average Bonchev–Trinajstić information content (AvgIpc) is 3.65. The number of likely N-dealkylation sites (N-methyl/N-ethyl adjacent to an activating group) is 1. The summed E-state index contributed by atoms with van der Waals surface area (Å²) in [4.78, 5) is 27.2. The minimum Gasteiger partial charge on any atom is -0.454 e. The van der Waals surface area contributed by atoms with Gasteiger partial charge in [0.15, 0.2) is 0 Å². The highest BCUT2D eigenvalue weighted by Crippen LogP contribution is 2.75. The number of aldehydes is 1. The number of hydrogen-bond donors (Lipinski definition) is 7. The summed E-state index contributed by atoms with van der Waals surface area (Å²) in [7, 11) is 1.89. The van der Waals surface area contributed by atoms with E-state index in [0.717, 1.165) is 42.2 Å². The van der Waals surface area contributed by atoms with Crippen LogP contribution in [0.2, 0.25) is 0 Å². The molecule has 1 aromatic rings. The topological polar surface area (TPSA) is 177 Å². The van der Waals surface area contributed by atoms with Crippen molar-refractivity contribution < 1.29 is 45.0 Å². The summed E-state index contributed by atoms with van der Waals surface area (Å²) >= 11 is 0. The van der Waals surface area contributed by atoms with Gasteiger partial charge in [-0.3, -0.25) is 0 Å². The highest BCUT2D eigenvalue weighted by atomic mass is 16.5. The van der Waals surface area contributed by atoms with Crippen LogP contribution in [0.15, 0.2) is 35.9 Å². The largest absolute Gasteiger partial charge is 0.454 e. The van der Waals surface area contributed by atoms with Crippen LogP contribution < -0.4 is 5.32 Å². The highest BCUT2D eigenvalue weighted by molar-refractivity contribution is 5.86. The second-order valence-corrected chi connectivity index (χ2v) is 19.4. The molecule has 55 heavy (non-hydrogen) atoms. The predicted molar refractivity (Wildman–Crippen MR) is 207 cm³/mol. The van der Waals surface area contributed by atoms with Crippen molar-refractivity contribution in [3.05, 3.63) is 47.0 Å². The lowest BCUT2D eigenvalue weighted by Crippen LogP contribution is -2.84. The van der Waals surface area contributed by atoms with E-state index in [1.54, 1.807) is 6.08 Å². The molecule has 5 saturated carbocycles. The first-order chi connectivity index (χ1) is 26.1. The number of ether oxygens (including phenoxy) is 1. The van der Waals surface area contributed by atoms with Crippen LogP contribution in [0.3, 0.4) is 0 Å². The normalized spacial score (nSPS) is 45.1. The lowest BCUT2D eigenvalue weighted by Gasteiger charge is -2.72. The third-order valence-electron chi connectivity index (χ3n) is 16.6. The van der Waals surface area contributed by atoms with E-state index < -0.39 is 63.8 Å². The van der Waals surface area contributed by atoms with Crippen molar-refractivity contribution >= 4 is 12.3 Å². The van der Waals surface area contributed by atoms with E-state index in [2.05, 4.69) is 26.1 Å². The second kappa shape index (κ2) is 14.9. The van der Waals surface area contributed by atoms with Crippen LogP contribution in [0.1, 0.15) is 116 Å². The number of benzene rings is 1. The molecule has 0 saturated heterocycles. The number of carbonyl (C=O) groups excluding carboxylic acids is 2. The Morgan fingerprint density at radius 1 is 1.04 bits per heavy atom. The van der Waals surface area contributed by atoms with E-state index in [1.165, 1.54) is 0 Å². The van der Waals surface area contributed by atoms with Gasteiger partial charge in [-0.15, -0.1) is 0 Å². The van der Waals surface area contributed by atoms with E-state index in [9.17, 15) is 40.2 Å². The average molecular weight is 766 g/mol. The molecule has 0 radical (unpaired) electrons. The molecule has 10 nitrogen and oxygen atoms in total. The van der Waals surface area contributed by atoms with Crippen molar-refractivity contribution in [2.24, 2.45) is 52.3 Å². The molecule has 1 aromatic carbocycles. The maximum Gasteiger partial charge on any atom is 0.331 e. The number of rotatable bonds is 13. The zero-order valence-corrected chi connectivity index (χ0v) is 33.6. The lowest BCUT2D eigenvalue weighted by atomic mass is 9.36. The van der Waals surface area contributed by atoms with Crippen molar-refractivity contribution in [2.45, 2.75) is 159 Å². The van der Waals surface area contributed by atoms with E-state index >= 15 is 0 Å². The zero-order chi connectivity index (χ0) is 39.7. The van der Waals surface area contributed by atoms with Gasteiger partial charge in [0, 0.05) is 41.7 Å². The van der Waals surface area contributed by atoms with Gasteiger partial charge < -0.3 is 45.5 Å². The van der Waals surface area contributed by atoms with Gasteiger partial charge in [0.2, 0.25) is 0 Å². The third-order valence-corrected chi connectivity index (χ3v) is 16.6. The molecule has 7 N–H and O–H groups in total. The quantitative estimate of drug-likeness (QED) is 0.0867. The molecule has 1 aliphatic heterocycles. The summed E-state index contributed by atoms with van der Waals surface area (Å²) in [6, 6.07) is 7.63. The Hall–Kier alpha value is -2.18. The van der Waals surface area contributed by atoms with E-state index in [1.807, 2.05) is 38.2 Å². The first-order valence-electron chi connectivity index (χ1n) is 21.4. The summed E-state index contributed by atoms with van der Waals surface area (Å²) < 4.78 is 6.11. The number of hydrogen-bond acceptors (Lipinski definition) is 10. The van der Waals surface area contributed by atoms with Gasteiger partial charge in [-0.05, 0) is 98.8 Å². The molecule has 0 unspecified atom stereocenters. The predicted octanol–water partition coefficient (Wildman–Crippen LogP) is 4.39. The van der Waals surface area contributed by atoms with Gasteiger partial charge in [0.25, 0.3) is 0 Å². The Kier molecular flexibility index (Phi) is 11.1. The van der Waals surface area contributed by atoms with Crippen molar-refractivity contribution in [1.82, 2.24) is 5.32 Å². The van der Waals surface area contributed by atoms with Crippen LogP contribution in [0.25, 0.3) is 0 Å². The molecule has 0 amide bonds. The fourth-order valence-corrected chi connectivity index (χ4v) is 13.9. The standard InChI is InChI=1S/C45H67NO9/c1-6-7-8-12-28-21-42(25-48)36-16-17-41(4)38-30(22-44(41,53)45(36,54)40(51)33(15-14-26(2)3)43(42,52)23-35(28)49)18-31(39-32(38)20-37(50)55-39)34(46-5)19-27-11-9-10-13-29(27)24-47/h9-11,13,20,25-26,28,30-31,33-36,38-40,46-47,49,51-54H,6-8,12,14-19,21-24H2,1-5H3/t28-,30-,31+,33-,34-,35+,36-,38-,39+,40+,41-,42+,43+,44+,45+/m0/s1. The molecule has 0 spiro atoms. The zero-order valence-electron chi connectivity index (χ0n) is 33.6. The van der Waals surface area contributed by atoms with Gasteiger partial charge in [0.1, 0.15) is 23.6 Å². The van der Waals surface area contributed by atoms with Crippen LogP contribution in [0.4, 0.5) is 0 Å². The van der Waals surface area contributed by atoms with E-state index in [4.69, 9.17) is 4.74 Å². The van der Waals surface area contributed by atoms with Gasteiger partial charge in [-0.2, -0.15) is 0 Å². The molecule has 1 heterocycles. The van der Waals surface area contributed by atoms with E-state index in [0.29, 0.717) is 44.9 Å². The van der Waals surface area contributed by atoms with Crippen LogP contribution in [-0.2, 0) is 27.4 Å². The summed E-state index contributed by atoms with van der Waals surface area (Å²) in [5, 5.41) is 78.2. The molecule has 5 aliphatic carbocycles. The molecule has 15 atom stereocenters. The molecule has 10 heteroatoms. The number of aliphatic hydroxyl groups is 6. The van der Waals surface area contributed by atoms with Gasteiger partial charge >= 0.3 is 5.97 Å². The van der Waals surface area contributed by atoms with Crippen LogP contribution >= 0.6 is 0 Å². The molecule has 306 valence electrons. The molecule has 0 aromatic heterocycles. The number of aliphatic hydroxyl groups excluding tert-OH is 3. The molecule has 0 bridgehead atoms. The molecule has 5 fully saturated rings. The minimum absolute atomic E-state index is 0.0591. The Morgan fingerprint density at radius 2 is 1.76 bits per heavy atom. The fourth-order valence-electron chi connectivity index (χ4n) is 13.9. The van der Waals surface area contributed by atoms with Crippen molar-refractivity contribution in [1.29, 1.82) is 0 Å². The first-order valence-corrected chi connectivity index (χ1v) is 21.4. The van der Waals surface area contributed by atoms with Crippen molar-refractivity contribution in [2.75, 3.05) is 7.05 Å². The molecular weight excluding hydrogens is 698 g/mol. The maximum absolute atomic E-state index is 13.9. The number of fused-ring (bicyclic) bond motifs is 9. The molecular formula is C45H67NO9. The van der Waals surface area contributed by atoms with Crippen molar-refractivity contribution in [3.63, 3.8) is 0 Å². The Bertz CT molecular complexity index is 1630. The van der Waals surface area contributed by atoms with E-state index in [-0.39, 0.29) is 61.5 Å². The minimum atomic E-state index is -2.15. The monoisotopic (exact) mass is 765 g/mol. The number of esters is 1. The molecule has 7 rings (SSSR count). The van der Waals surface area contributed by atoms with Gasteiger partial charge in [-0.1, -0.05) is 77.6 Å². The smallest absolute Gasteiger partial charge is 0.331 e. The fraction of sp³-hybridized carbons (Fsp3) is 0.778. The lowest BCUT2D eigenvalue weighted by molar-refractivity contribution is -0.367. The number of nitrogens with one attached hydrogen (secondary N) is 1. The van der Waals surface area contributed by atoms with Crippen LogP contribution in [-0.4, -0.2) is 91.1 Å². The highest BCUT2D eigenvalue weighted by Gasteiger charge is 2.83. The Morgan fingerprint density at radius 3 is 2.42 bits per heavy atom. The van der Waals surface area contributed by atoms with Gasteiger partial charge in [0.05, 0.1) is 29.8 Å². The maximum atomic E-state index is 13.9. The van der Waals surface area contributed by atoms with Crippen molar-refractivity contribution in [3.8, 4) is 0 Å². The Labute approximate surface area is 327 Å². The third kappa shape index (κ3) is 5.89. The summed E-state index contributed by atoms with van der Waals surface area (Å²) in [6.45, 7) is 8.13. The first kappa shape index (κ1) is 41.0. The number of unbranched alkanes of at least 4 members (excludes halogenated alkanes) is 2. The SMILES string of the molecule is CCCCC[C@H]1C[C@@]2(C=O)[C@@H]3CC[C@@]4(C)[C@@H]5C6=CC(=O)O[C@@H]6[C@@H]([C@H](Cc6ccccc6CO)NC)C[C@H]5C[C@]4(O)[C@]3(O)[C@H](O)[C@H](CCC(C)C)[C@]2(O)C[C@H]1O. The number of carbonyl (C=O) groups is 2. The van der Waals surface area contributed by atoms with Crippen LogP contribution in [0.5, 0.6) is 0 Å². The summed E-state index contributed by atoms with van der Waals surface area (Å²) in [6.07, 6.45) is 6.14. The van der Waals surface area contributed by atoms with Crippen LogP contribution in [0, 0.1) is 52.3 Å². The summed E-state index contributed by atoms with van der Waals surface area (Å²) in [5.41, 5.74) is -5.61. The summed E-state index contributed by atoms with van der Waals surface area (Å²) in [5.74, 6) is -3.04. The molecule has 6 aliphatic rings. The van der Waals surface area contributed by atoms with Gasteiger partial charge in [-0.25, -0.2) is 4.79 Å². The Balaban J connectivity index is 1.31.